The largest absolute Gasteiger partial charge is 0.467 e. The van der Waals surface area contributed by atoms with E-state index in [1.165, 1.54) is 7.11 Å². The second-order valence-corrected chi connectivity index (χ2v) is 4.65. The van der Waals surface area contributed by atoms with Gasteiger partial charge in [0.25, 0.3) is 0 Å². The first-order valence-electron chi connectivity index (χ1n) is 5.96. The maximum absolute atomic E-state index is 11.0. The molecule has 0 atom stereocenters. The molecular formula is C11H20N6O2. The molecule has 0 unspecified atom stereocenters. The van der Waals surface area contributed by atoms with Gasteiger partial charge in [-0.2, -0.15) is 15.0 Å². The molecule has 0 aliphatic rings. The van der Waals surface area contributed by atoms with Crippen molar-refractivity contribution in [3.8, 4) is 6.01 Å². The van der Waals surface area contributed by atoms with E-state index in [2.05, 4.69) is 25.6 Å². The number of carbonyl (C=O) groups excluding carboxylic acids is 1. The molecule has 4 N–H and O–H groups in total. The fourth-order valence-corrected chi connectivity index (χ4v) is 1.52. The summed E-state index contributed by atoms with van der Waals surface area (Å²) >= 11 is 0. The van der Waals surface area contributed by atoms with E-state index in [0.717, 1.165) is 0 Å². The number of primary amides is 1. The molecule has 0 saturated heterocycles. The van der Waals surface area contributed by atoms with Gasteiger partial charge >= 0.3 is 6.01 Å². The summed E-state index contributed by atoms with van der Waals surface area (Å²) in [6.45, 7) is 6.28. The number of aromatic nitrogens is 3. The van der Waals surface area contributed by atoms with E-state index in [1.54, 1.807) is 0 Å². The normalized spacial score (nSPS) is 10.9. The molecule has 1 amide bonds. The third kappa shape index (κ3) is 4.94. The number of methoxy groups -OCH3 is 1. The zero-order valence-corrected chi connectivity index (χ0v) is 11.6. The van der Waals surface area contributed by atoms with E-state index >= 15 is 0 Å². The van der Waals surface area contributed by atoms with E-state index in [0.29, 0.717) is 18.4 Å². The molecule has 0 aliphatic heterocycles. The first-order valence-corrected chi connectivity index (χ1v) is 5.96. The molecule has 19 heavy (non-hydrogen) atoms. The minimum atomic E-state index is -0.554. The molecular weight excluding hydrogens is 248 g/mol. The van der Waals surface area contributed by atoms with E-state index in [4.69, 9.17) is 10.5 Å². The molecule has 0 bridgehead atoms. The summed E-state index contributed by atoms with van der Waals surface area (Å²) < 4.78 is 5.00. The van der Waals surface area contributed by atoms with Crippen molar-refractivity contribution < 1.29 is 9.53 Å². The van der Waals surface area contributed by atoms with Gasteiger partial charge in [0.15, 0.2) is 0 Å². The number of nitrogens with one attached hydrogen (secondary N) is 2. The molecule has 0 fully saturated rings. The molecule has 8 nitrogen and oxygen atoms in total. The summed E-state index contributed by atoms with van der Waals surface area (Å²) in [5.74, 6) is 0.339. The van der Waals surface area contributed by atoms with Crippen molar-refractivity contribution in [1.82, 2.24) is 15.0 Å². The van der Waals surface area contributed by atoms with Crippen LogP contribution < -0.4 is 21.1 Å². The van der Waals surface area contributed by atoms with Crippen LogP contribution in [0.1, 0.15) is 27.2 Å². The molecule has 8 heteroatoms. The van der Waals surface area contributed by atoms with Crippen LogP contribution in [0.5, 0.6) is 6.01 Å². The molecule has 0 saturated carbocycles. The number of amides is 1. The summed E-state index contributed by atoms with van der Waals surface area (Å²) in [6, 6.07) is 0.198. The van der Waals surface area contributed by atoms with Gasteiger partial charge < -0.3 is 21.1 Å². The van der Waals surface area contributed by atoms with Crippen LogP contribution in [0, 0.1) is 0 Å². The Morgan fingerprint density at radius 1 is 1.32 bits per heavy atom. The number of nitrogens with zero attached hydrogens (tertiary/aromatic N) is 3. The van der Waals surface area contributed by atoms with Crippen molar-refractivity contribution >= 4 is 17.8 Å². The van der Waals surface area contributed by atoms with Gasteiger partial charge in [-0.3, -0.25) is 4.79 Å². The Hall–Kier alpha value is -2.12. The predicted molar refractivity (Wildman–Crippen MR) is 72.1 cm³/mol. The van der Waals surface area contributed by atoms with Gasteiger partial charge in [-0.25, -0.2) is 0 Å². The average Bonchev–Trinajstić information content (AvgIpc) is 2.26. The molecule has 106 valence electrons. The van der Waals surface area contributed by atoms with Gasteiger partial charge in [0.05, 0.1) is 7.11 Å². The fourth-order valence-electron chi connectivity index (χ4n) is 1.52. The lowest BCUT2D eigenvalue weighted by molar-refractivity contribution is -0.118. The van der Waals surface area contributed by atoms with Gasteiger partial charge in [0, 0.05) is 18.5 Å². The van der Waals surface area contributed by atoms with Crippen molar-refractivity contribution in [3.05, 3.63) is 0 Å². The lowest BCUT2D eigenvalue weighted by Gasteiger charge is -2.24. The second kappa shape index (κ2) is 6.17. The molecule has 1 aromatic heterocycles. The number of anilines is 2. The number of nitrogens with two attached hydrogens (primary N) is 1. The molecule has 0 spiro atoms. The van der Waals surface area contributed by atoms with E-state index in [-0.39, 0.29) is 12.4 Å². The van der Waals surface area contributed by atoms with Gasteiger partial charge in [-0.15, -0.1) is 0 Å². The van der Waals surface area contributed by atoms with Gasteiger partial charge in [0.2, 0.25) is 17.8 Å². The molecule has 0 aliphatic carbocycles. The standard InChI is InChI=1S/C11H20N6O2/c1-5-13-8-14-9(16-10(15-8)19-4)17-11(2,3)6-7(12)18/h5-6H2,1-4H3,(H2,12,18)(H2,13,14,15,16,17). The Kier molecular flexibility index (Phi) is 4.85. The molecule has 1 rings (SSSR count). The van der Waals surface area contributed by atoms with Crippen LogP contribution in [0.15, 0.2) is 0 Å². The minimum Gasteiger partial charge on any atom is -0.467 e. The van der Waals surface area contributed by atoms with Crippen LogP contribution >= 0.6 is 0 Å². The minimum absolute atomic E-state index is 0.164. The molecule has 1 heterocycles. The van der Waals surface area contributed by atoms with Crippen molar-refractivity contribution in [1.29, 1.82) is 0 Å². The van der Waals surface area contributed by atoms with Crippen molar-refractivity contribution in [3.63, 3.8) is 0 Å². The molecule has 0 aromatic carbocycles. The lowest BCUT2D eigenvalue weighted by atomic mass is 10.0. The summed E-state index contributed by atoms with van der Waals surface area (Å²) in [7, 11) is 1.48. The predicted octanol–water partition coefficient (Wildman–Crippen LogP) is 0.378. The Morgan fingerprint density at radius 2 is 1.95 bits per heavy atom. The van der Waals surface area contributed by atoms with Crippen LogP contribution in [0.4, 0.5) is 11.9 Å². The summed E-state index contributed by atoms with van der Waals surface area (Å²) in [5, 5.41) is 6.02. The Balaban J connectivity index is 2.92. The monoisotopic (exact) mass is 268 g/mol. The third-order valence-corrected chi connectivity index (χ3v) is 2.20. The lowest BCUT2D eigenvalue weighted by Crippen LogP contribution is -2.36. The zero-order valence-electron chi connectivity index (χ0n) is 11.6. The zero-order chi connectivity index (χ0) is 14.5. The highest BCUT2D eigenvalue weighted by Crippen LogP contribution is 2.17. The number of hydrogen-bond donors (Lipinski definition) is 3. The number of rotatable bonds is 7. The fraction of sp³-hybridized carbons (Fsp3) is 0.636. The molecule has 1 aromatic rings. The van der Waals surface area contributed by atoms with E-state index in [9.17, 15) is 4.79 Å². The van der Waals surface area contributed by atoms with Crippen LogP contribution in [-0.2, 0) is 4.79 Å². The van der Waals surface area contributed by atoms with Crippen LogP contribution in [0.2, 0.25) is 0 Å². The summed E-state index contributed by atoms with van der Waals surface area (Å²) in [4.78, 5) is 23.3. The molecule has 0 radical (unpaired) electrons. The summed E-state index contributed by atoms with van der Waals surface area (Å²) in [5.41, 5.74) is 4.64. The van der Waals surface area contributed by atoms with Gasteiger partial charge in [-0.1, -0.05) is 0 Å². The first-order chi connectivity index (χ1) is 8.86. The second-order valence-electron chi connectivity index (χ2n) is 4.65. The smallest absolute Gasteiger partial charge is 0.322 e. The Morgan fingerprint density at radius 3 is 2.47 bits per heavy atom. The third-order valence-electron chi connectivity index (χ3n) is 2.20. The highest BCUT2D eigenvalue weighted by molar-refractivity contribution is 5.75. The number of ether oxygens (including phenoxy) is 1. The maximum Gasteiger partial charge on any atom is 0.322 e. The van der Waals surface area contributed by atoms with Crippen LogP contribution in [-0.4, -0.2) is 40.1 Å². The van der Waals surface area contributed by atoms with Gasteiger partial charge in [-0.05, 0) is 20.8 Å². The van der Waals surface area contributed by atoms with E-state index < -0.39 is 11.4 Å². The van der Waals surface area contributed by atoms with Crippen molar-refractivity contribution in [2.45, 2.75) is 32.7 Å². The summed E-state index contributed by atoms with van der Waals surface area (Å²) in [6.07, 6.45) is 0.164. The number of hydrogen-bond acceptors (Lipinski definition) is 7. The highest BCUT2D eigenvalue weighted by Gasteiger charge is 2.22. The van der Waals surface area contributed by atoms with Crippen molar-refractivity contribution in [2.75, 3.05) is 24.3 Å². The first kappa shape index (κ1) is 14.9. The quantitative estimate of drug-likeness (QED) is 0.654. The van der Waals surface area contributed by atoms with Crippen LogP contribution in [0.3, 0.4) is 0 Å². The number of carbonyl (C=O) groups is 1. The van der Waals surface area contributed by atoms with Crippen molar-refractivity contribution in [2.24, 2.45) is 5.73 Å². The SMILES string of the molecule is CCNc1nc(NC(C)(C)CC(N)=O)nc(OC)n1. The van der Waals surface area contributed by atoms with E-state index in [1.807, 2.05) is 20.8 Å². The topological polar surface area (TPSA) is 115 Å². The Bertz CT molecular complexity index is 449. The average molecular weight is 268 g/mol. The van der Waals surface area contributed by atoms with Gasteiger partial charge in [0.1, 0.15) is 0 Å². The Labute approximate surface area is 112 Å². The van der Waals surface area contributed by atoms with Crippen LogP contribution in [0.25, 0.3) is 0 Å². The maximum atomic E-state index is 11.0. The highest BCUT2D eigenvalue weighted by atomic mass is 16.5.